The third-order valence-electron chi connectivity index (χ3n) is 8.60. The lowest BCUT2D eigenvalue weighted by molar-refractivity contribution is -0.133. The standard InChI is InChI=1S/C34H52O4Si2/c1-11-34(8,25-23-28(31(35)36)27-38-39(9,10)32(2,3)4)24-18-26-37-40(33(5,6)7,29-19-14-12-15-20-29)30-21-16-13-17-22-30/h11-17,19-23H,1,18,24-27H2,2-10H3,(H,35,36)/b28-23-. The van der Waals surface area contributed by atoms with Gasteiger partial charge in [-0.15, -0.1) is 6.58 Å². The Balaban J connectivity index is 2.19. The molecule has 2 rings (SSSR count). The molecule has 0 fully saturated rings. The molecule has 2 aromatic carbocycles. The van der Waals surface area contributed by atoms with Gasteiger partial charge in [0.15, 0.2) is 8.32 Å². The largest absolute Gasteiger partial charge is 0.478 e. The van der Waals surface area contributed by atoms with Crippen molar-refractivity contribution in [3.05, 3.63) is 85.0 Å². The summed E-state index contributed by atoms with van der Waals surface area (Å²) < 4.78 is 13.3. The number of aliphatic carboxylic acids is 1. The molecule has 0 aliphatic carbocycles. The van der Waals surface area contributed by atoms with Crippen LogP contribution in [0.5, 0.6) is 0 Å². The van der Waals surface area contributed by atoms with Crippen LogP contribution in [0.2, 0.25) is 23.2 Å². The van der Waals surface area contributed by atoms with Crippen molar-refractivity contribution in [1.29, 1.82) is 0 Å². The lowest BCUT2D eigenvalue weighted by atomic mass is 9.82. The molecule has 4 nitrogen and oxygen atoms in total. The fourth-order valence-corrected chi connectivity index (χ4v) is 10.3. The van der Waals surface area contributed by atoms with Crippen LogP contribution < -0.4 is 10.4 Å². The van der Waals surface area contributed by atoms with E-state index in [1.807, 2.05) is 12.2 Å². The summed E-state index contributed by atoms with van der Waals surface area (Å²) in [6.07, 6.45) is 6.09. The topological polar surface area (TPSA) is 55.8 Å². The van der Waals surface area contributed by atoms with Gasteiger partial charge in [-0.2, -0.15) is 0 Å². The normalized spacial score (nSPS) is 15.0. The molecule has 2 aromatic rings. The Bertz CT molecular complexity index is 1090. The van der Waals surface area contributed by atoms with E-state index in [-0.39, 0.29) is 22.1 Å². The van der Waals surface area contributed by atoms with Crippen LogP contribution in [-0.4, -0.2) is 40.9 Å². The van der Waals surface area contributed by atoms with Crippen LogP contribution in [0.15, 0.2) is 85.0 Å². The highest BCUT2D eigenvalue weighted by Gasteiger charge is 2.50. The zero-order chi connectivity index (χ0) is 30.2. The van der Waals surface area contributed by atoms with E-state index in [9.17, 15) is 9.90 Å². The molecule has 1 N–H and O–H groups in total. The van der Waals surface area contributed by atoms with Crippen LogP contribution in [0.4, 0.5) is 0 Å². The highest BCUT2D eigenvalue weighted by Crippen LogP contribution is 2.38. The van der Waals surface area contributed by atoms with Crippen LogP contribution >= 0.6 is 0 Å². The van der Waals surface area contributed by atoms with Gasteiger partial charge in [0.05, 0.1) is 12.2 Å². The van der Waals surface area contributed by atoms with Gasteiger partial charge in [-0.25, -0.2) is 4.79 Å². The first-order valence-electron chi connectivity index (χ1n) is 14.4. The van der Waals surface area contributed by atoms with Crippen molar-refractivity contribution in [2.75, 3.05) is 13.2 Å². The lowest BCUT2D eigenvalue weighted by Crippen LogP contribution is -2.66. The van der Waals surface area contributed by atoms with E-state index in [4.69, 9.17) is 8.85 Å². The van der Waals surface area contributed by atoms with E-state index in [0.717, 1.165) is 12.8 Å². The van der Waals surface area contributed by atoms with Crippen molar-refractivity contribution in [2.24, 2.45) is 5.41 Å². The molecule has 40 heavy (non-hydrogen) atoms. The number of hydrogen-bond acceptors (Lipinski definition) is 3. The van der Waals surface area contributed by atoms with Gasteiger partial charge >= 0.3 is 5.97 Å². The van der Waals surface area contributed by atoms with Crippen molar-refractivity contribution in [1.82, 2.24) is 0 Å². The summed E-state index contributed by atoms with van der Waals surface area (Å²) in [6, 6.07) is 21.4. The molecule has 1 atom stereocenters. The number of benzene rings is 2. The Kier molecular flexibility index (Phi) is 11.5. The van der Waals surface area contributed by atoms with Gasteiger partial charge in [-0.05, 0) is 58.2 Å². The van der Waals surface area contributed by atoms with Gasteiger partial charge < -0.3 is 14.0 Å². The van der Waals surface area contributed by atoms with Gasteiger partial charge in [0, 0.05) is 6.61 Å². The predicted molar refractivity (Wildman–Crippen MR) is 175 cm³/mol. The maximum absolute atomic E-state index is 12.0. The minimum atomic E-state index is -2.58. The van der Waals surface area contributed by atoms with Gasteiger partial charge in [-0.3, -0.25) is 0 Å². The summed E-state index contributed by atoms with van der Waals surface area (Å²) in [4.78, 5) is 12.0. The van der Waals surface area contributed by atoms with Crippen molar-refractivity contribution < 1.29 is 18.8 Å². The molecule has 0 saturated carbocycles. The van der Waals surface area contributed by atoms with Gasteiger partial charge in [0.1, 0.15) is 0 Å². The smallest absolute Gasteiger partial charge is 0.333 e. The highest BCUT2D eigenvalue weighted by atomic mass is 28.4. The van der Waals surface area contributed by atoms with Crippen molar-refractivity contribution in [3.63, 3.8) is 0 Å². The summed E-state index contributed by atoms with van der Waals surface area (Å²) in [5.41, 5.74) is 0.0772. The number of allylic oxidation sites excluding steroid dienone is 2. The molecule has 0 aliphatic heterocycles. The van der Waals surface area contributed by atoms with E-state index in [1.165, 1.54) is 10.4 Å². The predicted octanol–water partition coefficient (Wildman–Crippen LogP) is 7.96. The van der Waals surface area contributed by atoms with Crippen LogP contribution in [0.25, 0.3) is 0 Å². The third kappa shape index (κ3) is 8.38. The maximum atomic E-state index is 12.0. The molecule has 0 spiro atoms. The van der Waals surface area contributed by atoms with Crippen LogP contribution in [-0.2, 0) is 13.6 Å². The van der Waals surface area contributed by atoms with Crippen molar-refractivity contribution in [3.8, 4) is 0 Å². The zero-order valence-electron chi connectivity index (χ0n) is 26.3. The maximum Gasteiger partial charge on any atom is 0.333 e. The monoisotopic (exact) mass is 580 g/mol. The average molecular weight is 581 g/mol. The molecule has 0 aromatic heterocycles. The molecule has 6 heteroatoms. The second kappa shape index (κ2) is 13.6. The molecule has 0 amide bonds. The van der Waals surface area contributed by atoms with E-state index >= 15 is 0 Å². The number of carbonyl (C=O) groups is 1. The van der Waals surface area contributed by atoms with Gasteiger partial charge in [-0.1, -0.05) is 121 Å². The SMILES string of the molecule is C=CC(C)(C/C=C(/CO[Si](C)(C)C(C)(C)C)C(=O)O)CCCO[Si](c1ccccc1)(c1ccccc1)C(C)(C)C. The Labute approximate surface area is 245 Å². The Hall–Kier alpha value is -2.26. The quantitative estimate of drug-likeness (QED) is 0.107. The van der Waals surface area contributed by atoms with Gasteiger partial charge in [0.2, 0.25) is 0 Å². The van der Waals surface area contributed by atoms with Gasteiger partial charge in [0.25, 0.3) is 8.32 Å². The molecular weight excluding hydrogens is 529 g/mol. The van der Waals surface area contributed by atoms with E-state index in [0.29, 0.717) is 18.6 Å². The van der Waals surface area contributed by atoms with Crippen molar-refractivity contribution >= 4 is 33.0 Å². The van der Waals surface area contributed by atoms with E-state index in [1.54, 1.807) is 0 Å². The Morgan fingerprint density at radius 2 is 1.35 bits per heavy atom. The molecule has 0 saturated heterocycles. The molecule has 0 radical (unpaired) electrons. The van der Waals surface area contributed by atoms with Crippen LogP contribution in [0, 0.1) is 5.41 Å². The zero-order valence-corrected chi connectivity index (χ0v) is 28.3. The summed E-state index contributed by atoms with van der Waals surface area (Å²) in [6.45, 7) is 24.6. The summed E-state index contributed by atoms with van der Waals surface area (Å²) in [5.74, 6) is -0.917. The first kappa shape index (κ1) is 33.9. The minimum Gasteiger partial charge on any atom is -0.478 e. The van der Waals surface area contributed by atoms with E-state index < -0.39 is 22.6 Å². The number of hydrogen-bond donors (Lipinski definition) is 1. The van der Waals surface area contributed by atoms with Crippen LogP contribution in [0.3, 0.4) is 0 Å². The van der Waals surface area contributed by atoms with Crippen molar-refractivity contribution in [2.45, 2.75) is 90.9 Å². The first-order chi connectivity index (χ1) is 18.5. The fourth-order valence-electron chi connectivity index (χ4n) is 4.79. The second-order valence-corrected chi connectivity index (χ2v) is 22.9. The molecule has 0 aliphatic rings. The molecule has 220 valence electrons. The average Bonchev–Trinajstić information content (AvgIpc) is 2.88. The molecule has 1 unspecified atom stereocenters. The second-order valence-electron chi connectivity index (χ2n) is 13.8. The first-order valence-corrected chi connectivity index (χ1v) is 19.3. The number of rotatable bonds is 14. The molecule has 0 heterocycles. The fraction of sp³-hybridized carbons (Fsp3) is 0.500. The lowest BCUT2D eigenvalue weighted by Gasteiger charge is -2.43. The van der Waals surface area contributed by atoms with E-state index in [2.05, 4.69) is 129 Å². The third-order valence-corrected chi connectivity index (χ3v) is 18.1. The summed E-state index contributed by atoms with van der Waals surface area (Å²) >= 11 is 0. The minimum absolute atomic E-state index is 0.0251. The van der Waals surface area contributed by atoms with Crippen LogP contribution in [0.1, 0.15) is 67.7 Å². The number of carboxylic acids is 1. The summed E-state index contributed by atoms with van der Waals surface area (Å²) in [7, 11) is -4.63. The Morgan fingerprint density at radius 1 is 0.850 bits per heavy atom. The number of carboxylic acid groups (broad SMARTS) is 1. The Morgan fingerprint density at radius 3 is 1.75 bits per heavy atom. The molecule has 0 bridgehead atoms. The summed E-state index contributed by atoms with van der Waals surface area (Å²) in [5, 5.41) is 12.4. The highest BCUT2D eigenvalue weighted by molar-refractivity contribution is 6.99. The molecular formula is C34H52O4Si2.